The average molecular weight is 265 g/mol. The van der Waals surface area contributed by atoms with Crippen molar-refractivity contribution in [1.29, 1.82) is 0 Å². The van der Waals surface area contributed by atoms with Crippen molar-refractivity contribution in [2.45, 2.75) is 33.1 Å². The number of aromatic amines is 1. The molecule has 1 N–H and O–H groups in total. The third-order valence-electron chi connectivity index (χ3n) is 3.66. The molecular weight excluding hydrogens is 246 g/mol. The highest BCUT2D eigenvalue weighted by atomic mass is 14.9. The van der Waals surface area contributed by atoms with E-state index in [0.29, 0.717) is 5.92 Å². The summed E-state index contributed by atoms with van der Waals surface area (Å²) in [5, 5.41) is 1.20. The van der Waals surface area contributed by atoms with E-state index in [-0.39, 0.29) is 0 Å². The first-order valence-corrected chi connectivity index (χ1v) is 7.12. The molecule has 0 bridgehead atoms. The molecule has 0 amide bonds. The van der Waals surface area contributed by atoms with Crippen molar-refractivity contribution in [3.8, 4) is 11.4 Å². The van der Waals surface area contributed by atoms with Crippen molar-refractivity contribution in [2.24, 2.45) is 0 Å². The Morgan fingerprint density at radius 2 is 2.05 bits per heavy atom. The Bertz CT molecular complexity index is 741. The molecule has 0 spiro atoms. The van der Waals surface area contributed by atoms with Crippen molar-refractivity contribution < 1.29 is 0 Å². The van der Waals surface area contributed by atoms with E-state index in [1.807, 2.05) is 18.5 Å². The molecule has 0 unspecified atom stereocenters. The van der Waals surface area contributed by atoms with Crippen LogP contribution in [0.3, 0.4) is 0 Å². The third kappa shape index (κ3) is 2.20. The van der Waals surface area contributed by atoms with Gasteiger partial charge < -0.3 is 4.98 Å². The Hall–Kier alpha value is -2.16. The summed E-state index contributed by atoms with van der Waals surface area (Å²) in [6.45, 7) is 6.47. The molecule has 20 heavy (non-hydrogen) atoms. The maximum Gasteiger partial charge on any atom is 0.161 e. The van der Waals surface area contributed by atoms with Gasteiger partial charge in [0, 0.05) is 34.6 Å². The van der Waals surface area contributed by atoms with Gasteiger partial charge >= 0.3 is 0 Å². The number of benzene rings is 1. The van der Waals surface area contributed by atoms with Crippen LogP contribution in [-0.2, 0) is 6.42 Å². The van der Waals surface area contributed by atoms with Crippen LogP contribution in [0.1, 0.15) is 37.9 Å². The number of aryl methyl sites for hydroxylation is 1. The predicted molar refractivity (Wildman–Crippen MR) is 82.8 cm³/mol. The molecule has 1 aromatic carbocycles. The zero-order valence-corrected chi connectivity index (χ0v) is 12.1. The molecule has 0 aliphatic carbocycles. The lowest BCUT2D eigenvalue weighted by molar-refractivity contribution is 0.817. The summed E-state index contributed by atoms with van der Waals surface area (Å²) < 4.78 is 0. The second-order valence-electron chi connectivity index (χ2n) is 5.40. The lowest BCUT2D eigenvalue weighted by Crippen LogP contribution is -1.96. The maximum atomic E-state index is 4.69. The zero-order chi connectivity index (χ0) is 14.1. The van der Waals surface area contributed by atoms with Gasteiger partial charge in [-0.05, 0) is 36.1 Å². The highest BCUT2D eigenvalue weighted by Gasteiger charge is 2.10. The largest absolute Gasteiger partial charge is 0.360 e. The van der Waals surface area contributed by atoms with E-state index in [4.69, 9.17) is 0 Å². The van der Waals surface area contributed by atoms with Gasteiger partial charge in [0.15, 0.2) is 5.82 Å². The second-order valence-corrected chi connectivity index (χ2v) is 5.40. The van der Waals surface area contributed by atoms with Crippen LogP contribution < -0.4 is 0 Å². The van der Waals surface area contributed by atoms with Crippen LogP contribution in [0.4, 0.5) is 0 Å². The topological polar surface area (TPSA) is 41.6 Å². The van der Waals surface area contributed by atoms with E-state index < -0.39 is 0 Å². The molecule has 0 saturated carbocycles. The highest BCUT2D eigenvalue weighted by molar-refractivity contribution is 5.94. The summed E-state index contributed by atoms with van der Waals surface area (Å²) in [6, 6.07) is 8.50. The van der Waals surface area contributed by atoms with Gasteiger partial charge in [0.25, 0.3) is 0 Å². The van der Waals surface area contributed by atoms with E-state index in [2.05, 4.69) is 53.9 Å². The minimum absolute atomic E-state index is 0.410. The number of nitrogens with one attached hydrogen (secondary N) is 1. The molecule has 0 aliphatic heterocycles. The fourth-order valence-electron chi connectivity index (χ4n) is 2.40. The first kappa shape index (κ1) is 12.9. The molecule has 0 atom stereocenters. The van der Waals surface area contributed by atoms with E-state index in [1.54, 1.807) is 0 Å². The zero-order valence-electron chi connectivity index (χ0n) is 12.1. The first-order valence-electron chi connectivity index (χ1n) is 7.12. The van der Waals surface area contributed by atoms with Gasteiger partial charge in [-0.25, -0.2) is 9.97 Å². The Kier molecular flexibility index (Phi) is 3.26. The van der Waals surface area contributed by atoms with Gasteiger partial charge in [-0.2, -0.15) is 0 Å². The molecule has 0 radical (unpaired) electrons. The van der Waals surface area contributed by atoms with Crippen LogP contribution in [0.15, 0.2) is 36.7 Å². The van der Waals surface area contributed by atoms with Gasteiger partial charge in [-0.15, -0.1) is 0 Å². The summed E-state index contributed by atoms with van der Waals surface area (Å²) in [4.78, 5) is 12.4. The fraction of sp³-hybridized carbons (Fsp3) is 0.294. The van der Waals surface area contributed by atoms with E-state index >= 15 is 0 Å². The molecule has 102 valence electrons. The Labute approximate surface area is 119 Å². The van der Waals surface area contributed by atoms with Crippen molar-refractivity contribution >= 4 is 10.9 Å². The molecule has 0 aliphatic rings. The monoisotopic (exact) mass is 265 g/mol. The summed E-state index contributed by atoms with van der Waals surface area (Å²) >= 11 is 0. The molecule has 2 aromatic heterocycles. The fourth-order valence-corrected chi connectivity index (χ4v) is 2.40. The second kappa shape index (κ2) is 5.08. The van der Waals surface area contributed by atoms with E-state index in [1.165, 1.54) is 10.9 Å². The minimum atomic E-state index is 0.410. The number of H-pyrrole nitrogens is 1. The average Bonchev–Trinajstić information content (AvgIpc) is 2.90. The molecular formula is C17H19N3. The first-order chi connectivity index (χ1) is 9.69. The number of rotatable bonds is 3. The van der Waals surface area contributed by atoms with Crippen LogP contribution in [0.5, 0.6) is 0 Å². The number of hydrogen-bond acceptors (Lipinski definition) is 2. The van der Waals surface area contributed by atoms with Gasteiger partial charge in [0.1, 0.15) is 0 Å². The van der Waals surface area contributed by atoms with Crippen molar-refractivity contribution in [1.82, 2.24) is 15.0 Å². The Morgan fingerprint density at radius 3 is 2.80 bits per heavy atom. The van der Waals surface area contributed by atoms with Gasteiger partial charge in [0.2, 0.25) is 0 Å². The molecule has 0 fully saturated rings. The quantitative estimate of drug-likeness (QED) is 0.766. The third-order valence-corrected chi connectivity index (χ3v) is 3.66. The number of nitrogens with zero attached hydrogens (tertiary/aromatic N) is 2. The van der Waals surface area contributed by atoms with Crippen molar-refractivity contribution in [3.05, 3.63) is 47.9 Å². The molecule has 3 rings (SSSR count). The van der Waals surface area contributed by atoms with E-state index in [0.717, 1.165) is 29.0 Å². The number of aromatic nitrogens is 3. The summed E-state index contributed by atoms with van der Waals surface area (Å²) in [5.41, 5.74) is 4.63. The number of fused-ring (bicyclic) bond motifs is 1. The molecule has 3 nitrogen and oxygen atoms in total. The van der Waals surface area contributed by atoms with Gasteiger partial charge in [0.05, 0.1) is 0 Å². The van der Waals surface area contributed by atoms with Crippen LogP contribution in [0.25, 0.3) is 22.3 Å². The lowest BCUT2D eigenvalue weighted by Gasteiger charge is -2.06. The normalized spacial score (nSPS) is 11.4. The molecule has 0 saturated heterocycles. The van der Waals surface area contributed by atoms with Gasteiger partial charge in [-0.1, -0.05) is 26.8 Å². The van der Waals surface area contributed by atoms with Crippen LogP contribution in [0.2, 0.25) is 0 Å². The summed E-state index contributed by atoms with van der Waals surface area (Å²) in [6.07, 6.45) is 4.89. The van der Waals surface area contributed by atoms with Crippen LogP contribution >= 0.6 is 0 Å². The predicted octanol–water partition coefficient (Wildman–Crippen LogP) is 4.31. The van der Waals surface area contributed by atoms with E-state index in [9.17, 15) is 0 Å². The standard InChI is InChI=1S/C17H19N3/c1-4-12-5-6-16-13(9-12)14(10-19-16)17-18-8-7-15(20-17)11(2)3/h5-11,19H,4H2,1-3H3. The van der Waals surface area contributed by atoms with Crippen LogP contribution in [0, 0.1) is 0 Å². The van der Waals surface area contributed by atoms with Gasteiger partial charge in [-0.3, -0.25) is 0 Å². The minimum Gasteiger partial charge on any atom is -0.360 e. The highest BCUT2D eigenvalue weighted by Crippen LogP contribution is 2.27. The number of hydrogen-bond donors (Lipinski definition) is 1. The summed E-state index contributed by atoms with van der Waals surface area (Å²) in [5.74, 6) is 1.21. The Balaban J connectivity index is 2.16. The lowest BCUT2D eigenvalue weighted by atomic mass is 10.1. The smallest absolute Gasteiger partial charge is 0.161 e. The van der Waals surface area contributed by atoms with Crippen LogP contribution in [-0.4, -0.2) is 15.0 Å². The maximum absolute atomic E-state index is 4.69. The molecule has 3 heteroatoms. The SMILES string of the molecule is CCc1ccc2[nH]cc(-c3nccc(C(C)C)n3)c2c1. The molecule has 2 heterocycles. The van der Waals surface area contributed by atoms with Crippen molar-refractivity contribution in [3.63, 3.8) is 0 Å². The molecule has 3 aromatic rings. The van der Waals surface area contributed by atoms with Crippen molar-refractivity contribution in [2.75, 3.05) is 0 Å². The summed E-state index contributed by atoms with van der Waals surface area (Å²) in [7, 11) is 0. The Morgan fingerprint density at radius 1 is 1.20 bits per heavy atom.